The van der Waals surface area contributed by atoms with Gasteiger partial charge in [0.25, 0.3) is 5.91 Å². The number of amides is 1. The molecule has 0 radical (unpaired) electrons. The second-order valence-corrected chi connectivity index (χ2v) is 5.77. The molecule has 1 aliphatic heterocycles. The standard InChI is InChI=1S/C18H22N4O2/c1-24-17(15-7-3-2-4-8-15)18(23)22-12-6-11-21(13-14-22)16-9-5-10-19-20-16/h2-5,7-10,17H,6,11-14H2,1H3/t17-/m0/s1. The van der Waals surface area contributed by atoms with Crippen LogP contribution in [0.1, 0.15) is 18.1 Å². The van der Waals surface area contributed by atoms with Crippen molar-refractivity contribution >= 4 is 11.7 Å². The SMILES string of the molecule is CO[C@H](C(=O)N1CCCN(c2cccnn2)CC1)c1ccccc1. The van der Waals surface area contributed by atoms with Crippen LogP contribution in [0.25, 0.3) is 0 Å². The lowest BCUT2D eigenvalue weighted by atomic mass is 10.1. The molecule has 0 N–H and O–H groups in total. The van der Waals surface area contributed by atoms with E-state index in [2.05, 4.69) is 15.1 Å². The molecule has 1 amide bonds. The van der Waals surface area contributed by atoms with Crippen LogP contribution in [0.15, 0.2) is 48.7 Å². The molecule has 6 nitrogen and oxygen atoms in total. The number of carbonyl (C=O) groups is 1. The van der Waals surface area contributed by atoms with E-state index in [-0.39, 0.29) is 5.91 Å². The number of hydrogen-bond donors (Lipinski definition) is 0. The van der Waals surface area contributed by atoms with Crippen molar-refractivity contribution in [2.24, 2.45) is 0 Å². The summed E-state index contributed by atoms with van der Waals surface area (Å²) < 4.78 is 5.48. The maximum absolute atomic E-state index is 12.9. The first-order valence-electron chi connectivity index (χ1n) is 8.19. The molecule has 2 aromatic rings. The molecule has 0 bridgehead atoms. The third-order valence-corrected chi connectivity index (χ3v) is 4.25. The molecule has 24 heavy (non-hydrogen) atoms. The van der Waals surface area contributed by atoms with Gasteiger partial charge in [-0.15, -0.1) is 5.10 Å². The number of hydrogen-bond acceptors (Lipinski definition) is 5. The lowest BCUT2D eigenvalue weighted by molar-refractivity contribution is -0.142. The van der Waals surface area contributed by atoms with Crippen molar-refractivity contribution in [2.75, 3.05) is 38.2 Å². The maximum Gasteiger partial charge on any atom is 0.256 e. The van der Waals surface area contributed by atoms with E-state index < -0.39 is 6.10 Å². The molecule has 1 fully saturated rings. The average Bonchev–Trinajstić information content (AvgIpc) is 2.90. The molecule has 126 valence electrons. The Morgan fingerprint density at radius 1 is 1.08 bits per heavy atom. The lowest BCUT2D eigenvalue weighted by Gasteiger charge is -2.26. The van der Waals surface area contributed by atoms with Gasteiger partial charge in [-0.1, -0.05) is 30.3 Å². The minimum atomic E-state index is -0.547. The second-order valence-electron chi connectivity index (χ2n) is 5.77. The van der Waals surface area contributed by atoms with Gasteiger partial charge in [0.15, 0.2) is 11.9 Å². The highest BCUT2D eigenvalue weighted by molar-refractivity contribution is 5.82. The predicted octanol–water partition coefficient (Wildman–Crippen LogP) is 1.90. The number of aromatic nitrogens is 2. The number of carbonyl (C=O) groups excluding carboxylic acids is 1. The van der Waals surface area contributed by atoms with E-state index in [1.54, 1.807) is 13.3 Å². The highest BCUT2D eigenvalue weighted by atomic mass is 16.5. The molecule has 6 heteroatoms. The van der Waals surface area contributed by atoms with E-state index in [0.29, 0.717) is 6.54 Å². The third-order valence-electron chi connectivity index (χ3n) is 4.25. The van der Waals surface area contributed by atoms with Crippen LogP contribution in [0.5, 0.6) is 0 Å². The van der Waals surface area contributed by atoms with Crippen LogP contribution in [-0.2, 0) is 9.53 Å². The van der Waals surface area contributed by atoms with E-state index in [0.717, 1.165) is 37.4 Å². The first-order valence-corrected chi connectivity index (χ1v) is 8.19. The number of ether oxygens (including phenoxy) is 1. The first kappa shape index (κ1) is 16.4. The molecule has 3 rings (SSSR count). The Morgan fingerprint density at radius 2 is 1.92 bits per heavy atom. The zero-order valence-corrected chi connectivity index (χ0v) is 13.8. The number of rotatable bonds is 4. The van der Waals surface area contributed by atoms with Gasteiger partial charge >= 0.3 is 0 Å². The van der Waals surface area contributed by atoms with Gasteiger partial charge in [-0.25, -0.2) is 0 Å². The number of methoxy groups -OCH3 is 1. The van der Waals surface area contributed by atoms with E-state index in [1.807, 2.05) is 47.4 Å². The Labute approximate surface area is 142 Å². The summed E-state index contributed by atoms with van der Waals surface area (Å²) in [6.07, 6.45) is 2.02. The van der Waals surface area contributed by atoms with Crippen LogP contribution in [-0.4, -0.2) is 54.3 Å². The first-order chi connectivity index (χ1) is 11.8. The highest BCUT2D eigenvalue weighted by Gasteiger charge is 2.27. The molecule has 0 unspecified atom stereocenters. The van der Waals surface area contributed by atoms with Crippen molar-refractivity contribution in [1.82, 2.24) is 15.1 Å². The molecule has 0 spiro atoms. The minimum absolute atomic E-state index is 0.0182. The highest BCUT2D eigenvalue weighted by Crippen LogP contribution is 2.21. The summed E-state index contributed by atoms with van der Waals surface area (Å²) in [5, 5.41) is 8.09. The molecule has 0 aliphatic carbocycles. The molecule has 1 aliphatic rings. The summed E-state index contributed by atoms with van der Waals surface area (Å²) in [6.45, 7) is 2.99. The van der Waals surface area contributed by atoms with Crippen molar-refractivity contribution in [1.29, 1.82) is 0 Å². The zero-order valence-electron chi connectivity index (χ0n) is 13.8. The number of anilines is 1. The summed E-state index contributed by atoms with van der Waals surface area (Å²) in [7, 11) is 1.58. The fourth-order valence-electron chi connectivity index (χ4n) is 3.00. The van der Waals surface area contributed by atoms with Gasteiger partial charge in [0.2, 0.25) is 0 Å². The van der Waals surface area contributed by atoms with Crippen molar-refractivity contribution in [3.8, 4) is 0 Å². The molecule has 2 heterocycles. The maximum atomic E-state index is 12.9. The van der Waals surface area contributed by atoms with Gasteiger partial charge in [-0.3, -0.25) is 4.79 Å². The molecular formula is C18H22N4O2. The summed E-state index contributed by atoms with van der Waals surface area (Å²) in [6, 6.07) is 13.5. The Hall–Kier alpha value is -2.47. The molecule has 0 saturated carbocycles. The molecule has 1 aromatic carbocycles. The van der Waals surface area contributed by atoms with Crippen molar-refractivity contribution in [2.45, 2.75) is 12.5 Å². The number of nitrogens with zero attached hydrogens (tertiary/aromatic N) is 4. The predicted molar refractivity (Wildman–Crippen MR) is 91.6 cm³/mol. The minimum Gasteiger partial charge on any atom is -0.367 e. The van der Waals surface area contributed by atoms with Crippen molar-refractivity contribution < 1.29 is 9.53 Å². The fourth-order valence-corrected chi connectivity index (χ4v) is 3.00. The van der Waals surface area contributed by atoms with E-state index in [4.69, 9.17) is 4.74 Å². The van der Waals surface area contributed by atoms with E-state index >= 15 is 0 Å². The fraction of sp³-hybridized carbons (Fsp3) is 0.389. The Morgan fingerprint density at radius 3 is 2.62 bits per heavy atom. The lowest BCUT2D eigenvalue weighted by Crippen LogP contribution is -2.38. The smallest absolute Gasteiger partial charge is 0.256 e. The Kier molecular flexibility index (Phi) is 5.38. The van der Waals surface area contributed by atoms with Gasteiger partial charge in [0.05, 0.1) is 0 Å². The Bertz CT molecular complexity index is 651. The Balaban J connectivity index is 1.68. The third kappa shape index (κ3) is 3.71. The summed E-state index contributed by atoms with van der Waals surface area (Å²) >= 11 is 0. The average molecular weight is 326 g/mol. The van der Waals surface area contributed by atoms with Crippen LogP contribution in [0.2, 0.25) is 0 Å². The largest absolute Gasteiger partial charge is 0.367 e. The second kappa shape index (κ2) is 7.88. The van der Waals surface area contributed by atoms with Crippen molar-refractivity contribution in [3.63, 3.8) is 0 Å². The normalized spacial score (nSPS) is 16.5. The van der Waals surface area contributed by atoms with E-state index in [1.165, 1.54) is 0 Å². The molecule has 1 atom stereocenters. The zero-order chi connectivity index (χ0) is 16.8. The topological polar surface area (TPSA) is 58.6 Å². The number of benzene rings is 1. The summed E-state index contributed by atoms with van der Waals surface area (Å²) in [5.41, 5.74) is 0.889. The quantitative estimate of drug-likeness (QED) is 0.859. The van der Waals surface area contributed by atoms with Crippen LogP contribution in [0.3, 0.4) is 0 Å². The van der Waals surface area contributed by atoms with Crippen molar-refractivity contribution in [3.05, 3.63) is 54.2 Å². The van der Waals surface area contributed by atoms with Gasteiger partial charge in [0.1, 0.15) is 0 Å². The molecule has 1 saturated heterocycles. The van der Waals surface area contributed by atoms with Gasteiger partial charge in [-0.05, 0) is 24.1 Å². The molecule has 1 aromatic heterocycles. The van der Waals surface area contributed by atoms with Crippen LogP contribution in [0.4, 0.5) is 5.82 Å². The van der Waals surface area contributed by atoms with Gasteiger partial charge < -0.3 is 14.5 Å². The van der Waals surface area contributed by atoms with E-state index in [9.17, 15) is 4.79 Å². The molecular weight excluding hydrogens is 304 g/mol. The van der Waals surface area contributed by atoms with Crippen LogP contribution >= 0.6 is 0 Å². The summed E-state index contributed by atoms with van der Waals surface area (Å²) in [4.78, 5) is 16.9. The summed E-state index contributed by atoms with van der Waals surface area (Å²) in [5.74, 6) is 0.878. The van der Waals surface area contributed by atoms with Gasteiger partial charge in [0, 0.05) is 39.5 Å². The monoisotopic (exact) mass is 326 g/mol. The van der Waals surface area contributed by atoms with Crippen LogP contribution < -0.4 is 4.90 Å². The van der Waals surface area contributed by atoms with Gasteiger partial charge in [-0.2, -0.15) is 5.10 Å². The van der Waals surface area contributed by atoms with Crippen LogP contribution in [0, 0.1) is 0 Å².